The van der Waals surface area contributed by atoms with E-state index in [4.69, 9.17) is 0 Å². The van der Waals surface area contributed by atoms with E-state index in [-0.39, 0.29) is 11.3 Å². The fraction of sp³-hybridized carbons (Fsp3) is 0. The summed E-state index contributed by atoms with van der Waals surface area (Å²) in [5.41, 5.74) is 0.175. The van der Waals surface area contributed by atoms with Crippen molar-refractivity contribution in [2.45, 2.75) is 0 Å². The number of hydrogen-bond acceptors (Lipinski definition) is 2. The zero-order chi connectivity index (χ0) is 9.42. The summed E-state index contributed by atoms with van der Waals surface area (Å²) >= 11 is 3.04. The van der Waals surface area contributed by atoms with E-state index >= 15 is 0 Å². The summed E-state index contributed by atoms with van der Waals surface area (Å²) in [6.07, 6.45) is 1.37. The molecule has 4 heteroatoms. The smallest absolute Gasteiger partial charge is 0.163 e. The monoisotopic (exact) mass is 241 g/mol. The number of rotatable bonds is 0. The lowest BCUT2D eigenvalue weighted by molar-refractivity contribution is 0.480. The van der Waals surface area contributed by atoms with Crippen molar-refractivity contribution in [3.05, 3.63) is 34.7 Å². The standard InChI is InChI=1S/C9H5BrFNO/c10-6-2-1-5-7(13)3-4-12-9(5)8(6)11/h1-4H,(H,12,13). The molecule has 0 fully saturated rings. The highest BCUT2D eigenvalue weighted by molar-refractivity contribution is 9.10. The lowest BCUT2D eigenvalue weighted by Crippen LogP contribution is -1.85. The zero-order valence-corrected chi connectivity index (χ0v) is 8.05. The third kappa shape index (κ3) is 1.27. The normalized spacial score (nSPS) is 10.6. The van der Waals surface area contributed by atoms with Crippen LogP contribution < -0.4 is 0 Å². The molecular weight excluding hydrogens is 237 g/mol. The highest BCUT2D eigenvalue weighted by Gasteiger charge is 2.08. The molecule has 2 aromatic rings. The van der Waals surface area contributed by atoms with Gasteiger partial charge in [-0.15, -0.1) is 0 Å². The highest BCUT2D eigenvalue weighted by Crippen LogP contribution is 2.28. The van der Waals surface area contributed by atoms with Crippen LogP contribution in [0.25, 0.3) is 10.9 Å². The van der Waals surface area contributed by atoms with Crippen molar-refractivity contribution in [1.82, 2.24) is 4.98 Å². The molecule has 0 saturated heterocycles. The number of benzene rings is 1. The molecule has 13 heavy (non-hydrogen) atoms. The highest BCUT2D eigenvalue weighted by atomic mass is 79.9. The van der Waals surface area contributed by atoms with E-state index in [0.717, 1.165) is 0 Å². The van der Waals surface area contributed by atoms with Crippen molar-refractivity contribution >= 4 is 26.8 Å². The Hall–Kier alpha value is -1.16. The number of nitrogens with zero attached hydrogens (tertiary/aromatic N) is 1. The van der Waals surface area contributed by atoms with E-state index in [1.807, 2.05) is 0 Å². The Bertz CT molecular complexity index is 472. The molecule has 2 nitrogen and oxygen atoms in total. The SMILES string of the molecule is Oc1ccnc2c(F)c(Br)ccc12. The Kier molecular flexibility index (Phi) is 1.92. The van der Waals surface area contributed by atoms with E-state index in [2.05, 4.69) is 20.9 Å². The summed E-state index contributed by atoms with van der Waals surface area (Å²) in [4.78, 5) is 3.84. The number of halogens is 2. The van der Waals surface area contributed by atoms with Crippen LogP contribution >= 0.6 is 15.9 Å². The van der Waals surface area contributed by atoms with Crippen LogP contribution in [0.1, 0.15) is 0 Å². The lowest BCUT2D eigenvalue weighted by Gasteiger charge is -2.01. The second-order valence-electron chi connectivity index (χ2n) is 2.59. The van der Waals surface area contributed by atoms with E-state index in [1.54, 1.807) is 12.1 Å². The van der Waals surface area contributed by atoms with Gasteiger partial charge in [0.25, 0.3) is 0 Å². The maximum atomic E-state index is 13.4. The third-order valence-corrected chi connectivity index (χ3v) is 2.39. The molecule has 2 rings (SSSR count). The topological polar surface area (TPSA) is 33.1 Å². The van der Waals surface area contributed by atoms with Crippen LogP contribution in [0.5, 0.6) is 5.75 Å². The van der Waals surface area contributed by atoms with E-state index in [1.165, 1.54) is 12.3 Å². The first kappa shape index (κ1) is 8.44. The van der Waals surface area contributed by atoms with Gasteiger partial charge in [-0.3, -0.25) is 4.98 Å². The molecule has 1 N–H and O–H groups in total. The quantitative estimate of drug-likeness (QED) is 0.770. The predicted octanol–water partition coefficient (Wildman–Crippen LogP) is 2.84. The molecule has 0 unspecified atom stereocenters. The summed E-state index contributed by atoms with van der Waals surface area (Å²) in [6, 6.07) is 4.58. The van der Waals surface area contributed by atoms with Crippen LogP contribution in [0.2, 0.25) is 0 Å². The molecule has 0 aliphatic heterocycles. The molecule has 66 valence electrons. The summed E-state index contributed by atoms with van der Waals surface area (Å²) < 4.78 is 13.7. The maximum absolute atomic E-state index is 13.4. The van der Waals surface area contributed by atoms with E-state index in [9.17, 15) is 9.50 Å². The van der Waals surface area contributed by atoms with Gasteiger partial charge in [-0.05, 0) is 34.1 Å². The van der Waals surface area contributed by atoms with Crippen molar-refractivity contribution in [2.75, 3.05) is 0 Å². The van der Waals surface area contributed by atoms with Crippen LogP contribution in [0.15, 0.2) is 28.9 Å². The van der Waals surface area contributed by atoms with Crippen molar-refractivity contribution in [1.29, 1.82) is 0 Å². The van der Waals surface area contributed by atoms with E-state index in [0.29, 0.717) is 9.86 Å². The van der Waals surface area contributed by atoms with Gasteiger partial charge in [0.2, 0.25) is 0 Å². The Balaban J connectivity index is 2.94. The molecule has 1 heterocycles. The van der Waals surface area contributed by atoms with Crippen molar-refractivity contribution in [3.8, 4) is 5.75 Å². The van der Waals surface area contributed by atoms with Crippen molar-refractivity contribution in [2.24, 2.45) is 0 Å². The van der Waals surface area contributed by atoms with Gasteiger partial charge in [0.1, 0.15) is 11.3 Å². The van der Waals surface area contributed by atoms with Gasteiger partial charge in [-0.1, -0.05) is 0 Å². The Labute approximate surface area is 82.2 Å². The van der Waals surface area contributed by atoms with Crippen LogP contribution in [-0.4, -0.2) is 10.1 Å². The first-order valence-corrected chi connectivity index (χ1v) is 4.41. The average Bonchev–Trinajstić information content (AvgIpc) is 2.12. The minimum Gasteiger partial charge on any atom is -0.507 e. The summed E-state index contributed by atoms with van der Waals surface area (Å²) in [5.74, 6) is -0.412. The Morgan fingerprint density at radius 2 is 2.08 bits per heavy atom. The number of pyridine rings is 1. The van der Waals surface area contributed by atoms with Gasteiger partial charge in [-0.2, -0.15) is 0 Å². The summed E-state index contributed by atoms with van der Waals surface area (Å²) in [5, 5.41) is 9.78. The van der Waals surface area contributed by atoms with Crippen LogP contribution in [-0.2, 0) is 0 Å². The minimum atomic E-state index is -0.451. The third-order valence-electron chi connectivity index (χ3n) is 1.78. The van der Waals surface area contributed by atoms with Crippen LogP contribution in [0.4, 0.5) is 4.39 Å². The predicted molar refractivity (Wildman–Crippen MR) is 51.1 cm³/mol. The molecule has 0 aliphatic rings. The lowest BCUT2D eigenvalue weighted by atomic mass is 10.2. The summed E-state index contributed by atoms with van der Waals surface area (Å²) in [6.45, 7) is 0. The summed E-state index contributed by atoms with van der Waals surface area (Å²) in [7, 11) is 0. The fourth-order valence-corrected chi connectivity index (χ4v) is 1.46. The fourth-order valence-electron chi connectivity index (χ4n) is 1.15. The first-order chi connectivity index (χ1) is 6.20. The molecule has 0 spiro atoms. The van der Waals surface area contributed by atoms with Gasteiger partial charge in [0.15, 0.2) is 5.82 Å². The van der Waals surface area contributed by atoms with Gasteiger partial charge in [-0.25, -0.2) is 4.39 Å². The number of aromatic nitrogens is 1. The van der Waals surface area contributed by atoms with Gasteiger partial charge in [0.05, 0.1) is 4.47 Å². The van der Waals surface area contributed by atoms with E-state index < -0.39 is 5.82 Å². The average molecular weight is 242 g/mol. The van der Waals surface area contributed by atoms with Gasteiger partial charge < -0.3 is 5.11 Å². The van der Waals surface area contributed by atoms with Crippen molar-refractivity contribution < 1.29 is 9.50 Å². The number of hydrogen-bond donors (Lipinski definition) is 1. The first-order valence-electron chi connectivity index (χ1n) is 3.62. The minimum absolute atomic E-state index is 0.0383. The largest absolute Gasteiger partial charge is 0.507 e. The molecule has 0 radical (unpaired) electrons. The van der Waals surface area contributed by atoms with Crippen molar-refractivity contribution in [3.63, 3.8) is 0 Å². The molecule has 0 aliphatic carbocycles. The Morgan fingerprint density at radius 1 is 1.31 bits per heavy atom. The second-order valence-corrected chi connectivity index (χ2v) is 3.44. The van der Waals surface area contributed by atoms with Gasteiger partial charge in [0, 0.05) is 11.6 Å². The number of fused-ring (bicyclic) bond motifs is 1. The molecule has 0 atom stereocenters. The zero-order valence-electron chi connectivity index (χ0n) is 6.46. The van der Waals surface area contributed by atoms with Gasteiger partial charge >= 0.3 is 0 Å². The molecule has 0 amide bonds. The molecule has 1 aromatic heterocycles. The molecule has 1 aromatic carbocycles. The molecule has 0 bridgehead atoms. The second kappa shape index (κ2) is 2.96. The van der Waals surface area contributed by atoms with Crippen LogP contribution in [0, 0.1) is 5.82 Å². The molecule has 0 saturated carbocycles. The molecular formula is C9H5BrFNO. The Morgan fingerprint density at radius 3 is 2.85 bits per heavy atom. The maximum Gasteiger partial charge on any atom is 0.163 e. The van der Waals surface area contributed by atoms with Crippen LogP contribution in [0.3, 0.4) is 0 Å². The number of aromatic hydroxyl groups is 1.